The molecule has 23 heavy (non-hydrogen) atoms. The summed E-state index contributed by atoms with van der Waals surface area (Å²) in [6, 6.07) is 0. The summed E-state index contributed by atoms with van der Waals surface area (Å²) < 4.78 is 7.34. The van der Waals surface area contributed by atoms with E-state index < -0.39 is 0 Å². The molecule has 6 heteroatoms. The lowest BCUT2D eigenvalue weighted by molar-refractivity contribution is 0.0511. The van der Waals surface area contributed by atoms with Crippen molar-refractivity contribution in [2.45, 2.75) is 46.6 Å². The zero-order valence-corrected chi connectivity index (χ0v) is 14.9. The molecule has 2 rings (SSSR count). The molecule has 0 saturated carbocycles. The second kappa shape index (κ2) is 7.93. The molecule has 1 aromatic rings. The van der Waals surface area contributed by atoms with E-state index in [9.17, 15) is 4.79 Å². The van der Waals surface area contributed by atoms with Crippen molar-refractivity contribution >= 4 is 5.91 Å². The van der Waals surface area contributed by atoms with Crippen LogP contribution in [-0.2, 0) is 11.3 Å². The topological polar surface area (TPSA) is 68.2 Å². The average molecular weight is 322 g/mol. The molecule has 0 bridgehead atoms. The van der Waals surface area contributed by atoms with Crippen LogP contribution in [-0.4, -0.2) is 49.0 Å². The largest absolute Gasteiger partial charge is 0.384 e. The maximum Gasteiger partial charge on any atom is 0.255 e. The molecule has 2 heterocycles. The first-order valence-corrected chi connectivity index (χ1v) is 8.55. The van der Waals surface area contributed by atoms with E-state index >= 15 is 0 Å². The summed E-state index contributed by atoms with van der Waals surface area (Å²) in [5.74, 6) is -0.0173. The molecular weight excluding hydrogens is 292 g/mol. The van der Waals surface area contributed by atoms with Gasteiger partial charge in [0.1, 0.15) is 0 Å². The summed E-state index contributed by atoms with van der Waals surface area (Å²) in [4.78, 5) is 12.7. The Morgan fingerprint density at radius 1 is 1.39 bits per heavy atom. The van der Waals surface area contributed by atoms with Gasteiger partial charge in [-0.1, -0.05) is 6.92 Å². The van der Waals surface area contributed by atoms with E-state index in [2.05, 4.69) is 22.7 Å². The lowest BCUT2D eigenvalue weighted by Crippen LogP contribution is -2.47. The van der Waals surface area contributed by atoms with Crippen molar-refractivity contribution in [2.75, 3.05) is 33.4 Å². The highest BCUT2D eigenvalue weighted by Gasteiger charge is 2.33. The molecule has 0 unspecified atom stereocenters. The monoisotopic (exact) mass is 322 g/mol. The number of carbonyl (C=O) groups excluding carboxylic acids is 1. The molecule has 1 aliphatic rings. The number of hydrogen-bond donors (Lipinski definition) is 2. The summed E-state index contributed by atoms with van der Waals surface area (Å²) in [5, 5.41) is 11.0. The van der Waals surface area contributed by atoms with Crippen molar-refractivity contribution in [3.63, 3.8) is 0 Å². The quantitative estimate of drug-likeness (QED) is 0.801. The summed E-state index contributed by atoms with van der Waals surface area (Å²) in [6.45, 7) is 10.1. The summed E-state index contributed by atoms with van der Waals surface area (Å²) in [5.41, 5.74) is 2.52. The van der Waals surface area contributed by atoms with Crippen molar-refractivity contribution in [3.8, 4) is 0 Å². The van der Waals surface area contributed by atoms with Gasteiger partial charge < -0.3 is 15.4 Å². The molecule has 0 aliphatic carbocycles. The van der Waals surface area contributed by atoms with E-state index in [-0.39, 0.29) is 11.3 Å². The van der Waals surface area contributed by atoms with Crippen molar-refractivity contribution in [1.29, 1.82) is 0 Å². The predicted octanol–water partition coefficient (Wildman–Crippen LogP) is 1.66. The Balaban J connectivity index is 2.06. The number of nitrogens with zero attached hydrogens (tertiary/aromatic N) is 2. The molecule has 1 aromatic heterocycles. The van der Waals surface area contributed by atoms with Crippen molar-refractivity contribution in [3.05, 3.63) is 17.0 Å². The normalized spacial score (nSPS) is 17.2. The molecule has 2 N–H and O–H groups in total. The molecule has 0 aromatic carbocycles. The molecular formula is C17H30N4O2. The summed E-state index contributed by atoms with van der Waals surface area (Å²) in [6.07, 6.45) is 3.05. The third kappa shape index (κ3) is 4.12. The minimum absolute atomic E-state index is 0.0173. The fraction of sp³-hybridized carbons (Fsp3) is 0.765. The fourth-order valence-electron chi connectivity index (χ4n) is 3.45. The van der Waals surface area contributed by atoms with Gasteiger partial charge in [0.2, 0.25) is 0 Å². The highest BCUT2D eigenvalue weighted by molar-refractivity contribution is 5.96. The van der Waals surface area contributed by atoms with Crippen LogP contribution < -0.4 is 10.6 Å². The zero-order valence-electron chi connectivity index (χ0n) is 14.9. The van der Waals surface area contributed by atoms with Gasteiger partial charge in [0.05, 0.1) is 17.9 Å². The highest BCUT2D eigenvalue weighted by atomic mass is 16.5. The number of carbonyl (C=O) groups is 1. The van der Waals surface area contributed by atoms with Crippen LogP contribution in [0, 0.1) is 19.3 Å². The smallest absolute Gasteiger partial charge is 0.255 e. The van der Waals surface area contributed by atoms with Crippen LogP contribution in [0.15, 0.2) is 0 Å². The van der Waals surface area contributed by atoms with Gasteiger partial charge >= 0.3 is 0 Å². The number of aryl methyl sites for hydroxylation is 2. The highest BCUT2D eigenvalue weighted by Crippen LogP contribution is 2.28. The molecule has 1 fully saturated rings. The molecule has 6 nitrogen and oxygen atoms in total. The number of ether oxygens (including phenoxy) is 1. The van der Waals surface area contributed by atoms with E-state index in [1.807, 2.05) is 18.5 Å². The third-order valence-electron chi connectivity index (χ3n) is 4.78. The Morgan fingerprint density at radius 2 is 2.09 bits per heavy atom. The van der Waals surface area contributed by atoms with Gasteiger partial charge in [-0.2, -0.15) is 5.10 Å². The van der Waals surface area contributed by atoms with Gasteiger partial charge in [-0.3, -0.25) is 9.48 Å². The molecule has 1 aliphatic heterocycles. The predicted molar refractivity (Wildman–Crippen MR) is 90.7 cm³/mol. The average Bonchev–Trinajstić information content (AvgIpc) is 2.81. The number of nitrogens with one attached hydrogen (secondary N) is 2. The van der Waals surface area contributed by atoms with E-state index in [0.29, 0.717) is 13.2 Å². The molecule has 1 saturated heterocycles. The van der Waals surface area contributed by atoms with Crippen LogP contribution in [0.5, 0.6) is 0 Å². The van der Waals surface area contributed by atoms with Gasteiger partial charge in [0, 0.05) is 31.3 Å². The van der Waals surface area contributed by atoms with Crippen LogP contribution in [0.2, 0.25) is 0 Å². The van der Waals surface area contributed by atoms with Gasteiger partial charge in [-0.15, -0.1) is 0 Å². The number of amides is 1. The molecule has 1 amide bonds. The Morgan fingerprint density at radius 3 is 2.70 bits per heavy atom. The van der Waals surface area contributed by atoms with E-state index in [1.165, 1.54) is 0 Å². The third-order valence-corrected chi connectivity index (χ3v) is 4.78. The number of methoxy groups -OCH3 is 1. The van der Waals surface area contributed by atoms with Crippen molar-refractivity contribution in [2.24, 2.45) is 5.41 Å². The standard InChI is InChI=1S/C17H30N4O2/c1-5-10-21-14(3)15(13(2)20-21)16(22)19-11-17(12-23-4)6-8-18-9-7-17/h18H,5-12H2,1-4H3,(H,19,22). The van der Waals surface area contributed by atoms with Gasteiger partial charge in [0.25, 0.3) is 5.91 Å². The molecule has 0 spiro atoms. The lowest BCUT2D eigenvalue weighted by Gasteiger charge is -2.37. The number of piperidine rings is 1. The van der Waals surface area contributed by atoms with Crippen LogP contribution in [0.4, 0.5) is 0 Å². The second-order valence-corrected chi connectivity index (χ2v) is 6.63. The fourth-order valence-corrected chi connectivity index (χ4v) is 3.45. The van der Waals surface area contributed by atoms with Crippen LogP contribution in [0.1, 0.15) is 47.9 Å². The van der Waals surface area contributed by atoms with E-state index in [1.54, 1.807) is 7.11 Å². The van der Waals surface area contributed by atoms with Crippen LogP contribution in [0.3, 0.4) is 0 Å². The summed E-state index contributed by atoms with van der Waals surface area (Å²) >= 11 is 0. The van der Waals surface area contributed by atoms with Gasteiger partial charge in [-0.05, 0) is 46.2 Å². The number of hydrogen-bond acceptors (Lipinski definition) is 4. The maximum atomic E-state index is 12.7. The van der Waals surface area contributed by atoms with Gasteiger partial charge in [0.15, 0.2) is 0 Å². The minimum Gasteiger partial charge on any atom is -0.384 e. The molecule has 130 valence electrons. The SMILES string of the molecule is CCCn1nc(C)c(C(=O)NCC2(COC)CCNCC2)c1C. The first kappa shape index (κ1) is 17.9. The molecule has 0 atom stereocenters. The Kier molecular flexibility index (Phi) is 6.18. The van der Waals surface area contributed by atoms with Crippen LogP contribution >= 0.6 is 0 Å². The molecule has 0 radical (unpaired) electrons. The zero-order chi connectivity index (χ0) is 16.9. The Bertz CT molecular complexity index is 527. The van der Waals surface area contributed by atoms with E-state index in [4.69, 9.17) is 4.74 Å². The summed E-state index contributed by atoms with van der Waals surface area (Å²) in [7, 11) is 1.73. The van der Waals surface area contributed by atoms with E-state index in [0.717, 1.165) is 55.8 Å². The number of aromatic nitrogens is 2. The van der Waals surface area contributed by atoms with Crippen molar-refractivity contribution < 1.29 is 9.53 Å². The first-order chi connectivity index (χ1) is 11.0. The van der Waals surface area contributed by atoms with Gasteiger partial charge in [-0.25, -0.2) is 0 Å². The van der Waals surface area contributed by atoms with Crippen molar-refractivity contribution in [1.82, 2.24) is 20.4 Å². The second-order valence-electron chi connectivity index (χ2n) is 6.63. The lowest BCUT2D eigenvalue weighted by atomic mass is 9.79. The van der Waals surface area contributed by atoms with Crippen LogP contribution in [0.25, 0.3) is 0 Å². The number of rotatable bonds is 7. The Labute approximate surface area is 139 Å². The Hall–Kier alpha value is -1.40. The first-order valence-electron chi connectivity index (χ1n) is 8.55. The maximum absolute atomic E-state index is 12.7. The minimum atomic E-state index is -0.0173.